The van der Waals surface area contributed by atoms with Gasteiger partial charge in [-0.2, -0.15) is 0 Å². The summed E-state index contributed by atoms with van der Waals surface area (Å²) in [7, 11) is 0. The highest BCUT2D eigenvalue weighted by atomic mass is 35.5. The lowest BCUT2D eigenvalue weighted by Gasteiger charge is -2.26. The summed E-state index contributed by atoms with van der Waals surface area (Å²) in [5.74, 6) is 1.03. The summed E-state index contributed by atoms with van der Waals surface area (Å²) in [4.78, 5) is 20.6. The number of H-pyrrole nitrogens is 1. The van der Waals surface area contributed by atoms with E-state index in [0.29, 0.717) is 17.2 Å². The molecule has 6 nitrogen and oxygen atoms in total. The molecule has 0 amide bonds. The molecule has 0 spiro atoms. The third-order valence-corrected chi connectivity index (χ3v) is 8.79. The van der Waals surface area contributed by atoms with Crippen molar-refractivity contribution in [2.75, 3.05) is 13.1 Å². The van der Waals surface area contributed by atoms with Crippen LogP contribution in [-0.2, 0) is 13.0 Å². The Balaban J connectivity index is 1.08. The van der Waals surface area contributed by atoms with E-state index in [1.165, 1.54) is 30.9 Å². The van der Waals surface area contributed by atoms with Crippen molar-refractivity contribution in [2.45, 2.75) is 32.2 Å². The average molecular weight is 584 g/mol. The molecule has 7 rings (SSSR count). The molecule has 6 aromatic rings. The Hall–Kier alpha value is -3.85. The van der Waals surface area contributed by atoms with Crippen molar-refractivity contribution in [3.8, 4) is 22.1 Å². The monoisotopic (exact) mass is 583 g/mol. The lowest BCUT2D eigenvalue weighted by molar-refractivity contribution is 0.220. The Morgan fingerprint density at radius 2 is 1.78 bits per heavy atom. The Labute approximate surface area is 245 Å². The normalized spacial score (nSPS) is 14.2. The first-order chi connectivity index (χ1) is 20.1. The van der Waals surface area contributed by atoms with E-state index in [4.69, 9.17) is 21.3 Å². The SMILES string of the molecule is Fc1cc(Cc2nc3ccc(Cl)cc3[nH]2)ccc1Oc1ccnc2cc(-c3ccc(CN4CCCCC4)cn3)sc12. The van der Waals surface area contributed by atoms with Crippen LogP contribution in [0.25, 0.3) is 31.8 Å². The number of likely N-dealkylation sites (tertiary alicyclic amines) is 1. The molecule has 9 heteroatoms. The summed E-state index contributed by atoms with van der Waals surface area (Å²) < 4.78 is 22.1. The molecule has 4 aromatic heterocycles. The lowest BCUT2D eigenvalue weighted by atomic mass is 10.1. The van der Waals surface area contributed by atoms with Gasteiger partial charge in [0.2, 0.25) is 0 Å². The first-order valence-electron chi connectivity index (χ1n) is 13.7. The highest BCUT2D eigenvalue weighted by Crippen LogP contribution is 2.39. The topological polar surface area (TPSA) is 66.9 Å². The van der Waals surface area contributed by atoms with Crippen LogP contribution in [0.4, 0.5) is 4.39 Å². The maximum absolute atomic E-state index is 15.2. The van der Waals surface area contributed by atoms with Gasteiger partial charge in [-0.05, 0) is 79.5 Å². The zero-order valence-electron chi connectivity index (χ0n) is 22.2. The van der Waals surface area contributed by atoms with Crippen LogP contribution >= 0.6 is 22.9 Å². The second-order valence-electron chi connectivity index (χ2n) is 10.4. The minimum absolute atomic E-state index is 0.160. The summed E-state index contributed by atoms with van der Waals surface area (Å²) in [6, 6.07) is 18.5. The van der Waals surface area contributed by atoms with Crippen LogP contribution in [0, 0.1) is 5.82 Å². The minimum atomic E-state index is -0.436. The molecule has 1 N–H and O–H groups in total. The van der Waals surface area contributed by atoms with Gasteiger partial charge in [0, 0.05) is 36.4 Å². The van der Waals surface area contributed by atoms with Gasteiger partial charge < -0.3 is 9.72 Å². The second kappa shape index (κ2) is 11.2. The van der Waals surface area contributed by atoms with Gasteiger partial charge in [-0.3, -0.25) is 14.9 Å². The van der Waals surface area contributed by atoms with Crippen molar-refractivity contribution in [1.29, 1.82) is 0 Å². The lowest BCUT2D eigenvalue weighted by Crippen LogP contribution is -2.29. The summed E-state index contributed by atoms with van der Waals surface area (Å²) in [6.45, 7) is 3.26. The molecule has 0 unspecified atom stereocenters. The number of thiophene rings is 1. The van der Waals surface area contributed by atoms with Crippen molar-refractivity contribution in [2.24, 2.45) is 0 Å². The third-order valence-electron chi connectivity index (χ3n) is 7.39. The molecule has 2 aromatic carbocycles. The van der Waals surface area contributed by atoms with Gasteiger partial charge in [0.1, 0.15) is 11.6 Å². The fourth-order valence-electron chi connectivity index (χ4n) is 5.33. The molecule has 5 heterocycles. The average Bonchev–Trinajstić information content (AvgIpc) is 3.59. The van der Waals surface area contributed by atoms with Gasteiger partial charge >= 0.3 is 0 Å². The van der Waals surface area contributed by atoms with Crippen molar-refractivity contribution in [3.05, 3.63) is 101 Å². The summed E-state index contributed by atoms with van der Waals surface area (Å²) >= 11 is 7.63. The zero-order valence-corrected chi connectivity index (χ0v) is 23.8. The number of nitrogens with zero attached hydrogens (tertiary/aromatic N) is 4. The van der Waals surface area contributed by atoms with Gasteiger partial charge in [-0.1, -0.05) is 30.2 Å². The molecule has 41 heavy (non-hydrogen) atoms. The molecule has 1 fully saturated rings. The van der Waals surface area contributed by atoms with E-state index in [1.807, 2.05) is 30.5 Å². The molecule has 0 bridgehead atoms. The highest BCUT2D eigenvalue weighted by molar-refractivity contribution is 7.22. The number of piperidine rings is 1. The number of benzene rings is 2. The highest BCUT2D eigenvalue weighted by Gasteiger charge is 2.15. The predicted molar refractivity (Wildman–Crippen MR) is 162 cm³/mol. The van der Waals surface area contributed by atoms with Crippen LogP contribution < -0.4 is 4.74 Å². The van der Waals surface area contributed by atoms with Crippen LogP contribution in [0.2, 0.25) is 5.02 Å². The van der Waals surface area contributed by atoms with E-state index in [1.54, 1.807) is 35.7 Å². The van der Waals surface area contributed by atoms with Crippen LogP contribution in [0.3, 0.4) is 0 Å². The van der Waals surface area contributed by atoms with Gasteiger partial charge in [0.05, 0.1) is 31.8 Å². The molecule has 1 saturated heterocycles. The summed E-state index contributed by atoms with van der Waals surface area (Å²) in [5, 5.41) is 0.640. The Morgan fingerprint density at radius 3 is 2.61 bits per heavy atom. The number of hydrogen-bond donors (Lipinski definition) is 1. The fraction of sp³-hybridized carbons (Fsp3) is 0.219. The fourth-order valence-corrected chi connectivity index (χ4v) is 6.54. The number of aromatic amines is 1. The molecule has 0 saturated carbocycles. The first-order valence-corrected chi connectivity index (χ1v) is 14.9. The summed E-state index contributed by atoms with van der Waals surface area (Å²) in [5.41, 5.74) is 5.38. The minimum Gasteiger partial charge on any atom is -0.453 e. The maximum Gasteiger partial charge on any atom is 0.166 e. The number of hydrogen-bond acceptors (Lipinski definition) is 6. The molecule has 0 aliphatic carbocycles. The van der Waals surface area contributed by atoms with Crippen LogP contribution in [-0.4, -0.2) is 37.9 Å². The third kappa shape index (κ3) is 5.68. The molecule has 1 aliphatic heterocycles. The molecule has 206 valence electrons. The van der Waals surface area contributed by atoms with E-state index in [2.05, 4.69) is 32.0 Å². The molecule has 1 aliphatic rings. The second-order valence-corrected chi connectivity index (χ2v) is 11.9. The molecule has 0 atom stereocenters. The van der Waals surface area contributed by atoms with Crippen molar-refractivity contribution >= 4 is 44.2 Å². The molecular weight excluding hydrogens is 557 g/mol. The smallest absolute Gasteiger partial charge is 0.166 e. The first kappa shape index (κ1) is 26.1. The van der Waals surface area contributed by atoms with Crippen molar-refractivity contribution in [1.82, 2.24) is 24.8 Å². The molecule has 0 radical (unpaired) electrons. The van der Waals surface area contributed by atoms with Gasteiger partial charge in [-0.15, -0.1) is 11.3 Å². The number of imidazole rings is 1. The van der Waals surface area contributed by atoms with Crippen LogP contribution in [0.1, 0.15) is 36.2 Å². The van der Waals surface area contributed by atoms with E-state index < -0.39 is 5.82 Å². The molecular formula is C32H27ClFN5OS. The Morgan fingerprint density at radius 1 is 0.902 bits per heavy atom. The van der Waals surface area contributed by atoms with E-state index >= 15 is 4.39 Å². The van der Waals surface area contributed by atoms with Crippen molar-refractivity contribution in [3.63, 3.8) is 0 Å². The zero-order chi connectivity index (χ0) is 27.8. The number of fused-ring (bicyclic) bond motifs is 2. The number of pyridine rings is 2. The largest absolute Gasteiger partial charge is 0.453 e. The van der Waals surface area contributed by atoms with Gasteiger partial charge in [0.25, 0.3) is 0 Å². The summed E-state index contributed by atoms with van der Waals surface area (Å²) in [6.07, 6.45) is 7.99. The van der Waals surface area contributed by atoms with Crippen LogP contribution in [0.5, 0.6) is 11.5 Å². The van der Waals surface area contributed by atoms with E-state index in [-0.39, 0.29) is 5.75 Å². The quantitative estimate of drug-likeness (QED) is 0.204. The Kier molecular flexibility index (Phi) is 7.12. The van der Waals surface area contributed by atoms with Crippen LogP contribution in [0.15, 0.2) is 73.1 Å². The Bertz CT molecular complexity index is 1850. The number of ether oxygens (including phenoxy) is 1. The number of aromatic nitrogens is 4. The number of rotatable bonds is 7. The standard InChI is InChI=1S/C32H27ClFN5OS/c33-22-6-8-24-26(16-22)38-31(37-24)15-20-5-9-28(23(34)14-20)40-29-10-11-35-27-17-30(41-32(27)29)25-7-4-21(18-36-25)19-39-12-2-1-3-13-39/h4-11,14,16-18H,1-3,12-13,15,19H2,(H,37,38). The van der Waals surface area contributed by atoms with E-state index in [9.17, 15) is 0 Å². The predicted octanol–water partition coefficient (Wildman–Crippen LogP) is 8.40. The van der Waals surface area contributed by atoms with Crippen molar-refractivity contribution < 1.29 is 9.13 Å². The number of halogens is 2. The van der Waals surface area contributed by atoms with Gasteiger partial charge in [-0.25, -0.2) is 9.37 Å². The van der Waals surface area contributed by atoms with Gasteiger partial charge in [0.15, 0.2) is 11.6 Å². The van der Waals surface area contributed by atoms with E-state index in [0.717, 1.165) is 62.8 Å². The number of nitrogens with one attached hydrogen (secondary N) is 1. The maximum atomic E-state index is 15.2.